The van der Waals surface area contributed by atoms with Crippen LogP contribution < -0.4 is 15.4 Å². The molecule has 19 heavy (non-hydrogen) atoms. The van der Waals surface area contributed by atoms with Gasteiger partial charge in [0.2, 0.25) is 0 Å². The summed E-state index contributed by atoms with van der Waals surface area (Å²) in [4.78, 5) is 11.6. The standard InChI is InChI=1S/C14H20N2O2.ClH/c1-10-3-4-11(2)13(5-10)18-9-14(17)16-8-12-6-15-7-12;/h3-5,12,15H,6-9H2,1-2H3,(H,16,17);1H. The van der Waals surface area contributed by atoms with Gasteiger partial charge in [-0.15, -0.1) is 12.4 Å². The highest BCUT2D eigenvalue weighted by Gasteiger charge is 2.17. The topological polar surface area (TPSA) is 50.4 Å². The molecule has 0 saturated carbocycles. The first-order valence-corrected chi connectivity index (χ1v) is 6.32. The molecule has 0 aliphatic carbocycles. The lowest BCUT2D eigenvalue weighted by Gasteiger charge is -2.27. The van der Waals surface area contributed by atoms with Crippen molar-refractivity contribution in [1.29, 1.82) is 0 Å². The first-order chi connectivity index (χ1) is 8.65. The van der Waals surface area contributed by atoms with Crippen molar-refractivity contribution in [3.63, 3.8) is 0 Å². The van der Waals surface area contributed by atoms with Gasteiger partial charge in [0.1, 0.15) is 5.75 Å². The lowest BCUT2D eigenvalue weighted by atomic mass is 10.0. The Morgan fingerprint density at radius 2 is 2.16 bits per heavy atom. The van der Waals surface area contributed by atoms with Crippen LogP contribution in [-0.4, -0.2) is 32.1 Å². The van der Waals surface area contributed by atoms with Gasteiger partial charge in [0.15, 0.2) is 6.61 Å². The Bertz CT molecular complexity index is 433. The molecule has 1 heterocycles. The minimum Gasteiger partial charge on any atom is -0.483 e. The van der Waals surface area contributed by atoms with Crippen molar-refractivity contribution in [3.05, 3.63) is 29.3 Å². The second kappa shape index (κ2) is 7.36. The van der Waals surface area contributed by atoms with Gasteiger partial charge in [0, 0.05) is 25.6 Å². The summed E-state index contributed by atoms with van der Waals surface area (Å²) in [7, 11) is 0. The van der Waals surface area contributed by atoms with E-state index in [2.05, 4.69) is 10.6 Å². The lowest BCUT2D eigenvalue weighted by molar-refractivity contribution is -0.123. The smallest absolute Gasteiger partial charge is 0.257 e. The normalized spacial score (nSPS) is 14.2. The molecule has 1 saturated heterocycles. The molecule has 1 amide bonds. The van der Waals surface area contributed by atoms with Crippen LogP contribution in [0.25, 0.3) is 0 Å². The summed E-state index contributed by atoms with van der Waals surface area (Å²) in [5, 5.41) is 6.06. The molecule has 0 radical (unpaired) electrons. The van der Waals surface area contributed by atoms with E-state index in [1.54, 1.807) is 0 Å². The molecule has 5 heteroatoms. The molecular formula is C14H21ClN2O2. The molecule has 1 aliphatic rings. The fourth-order valence-corrected chi connectivity index (χ4v) is 1.81. The third-order valence-corrected chi connectivity index (χ3v) is 3.16. The zero-order valence-electron chi connectivity index (χ0n) is 11.4. The van der Waals surface area contributed by atoms with Crippen LogP contribution in [0.5, 0.6) is 5.75 Å². The van der Waals surface area contributed by atoms with Gasteiger partial charge in [-0.25, -0.2) is 0 Å². The SMILES string of the molecule is Cc1ccc(C)c(OCC(=O)NCC2CNC2)c1.Cl. The second-order valence-corrected chi connectivity index (χ2v) is 4.89. The maximum Gasteiger partial charge on any atom is 0.257 e. The molecule has 0 atom stereocenters. The van der Waals surface area contributed by atoms with Crippen LogP contribution in [-0.2, 0) is 4.79 Å². The first kappa shape index (κ1) is 15.8. The van der Waals surface area contributed by atoms with E-state index in [1.165, 1.54) is 0 Å². The van der Waals surface area contributed by atoms with Gasteiger partial charge < -0.3 is 15.4 Å². The Morgan fingerprint density at radius 3 is 2.79 bits per heavy atom. The van der Waals surface area contributed by atoms with E-state index in [9.17, 15) is 4.79 Å². The minimum absolute atomic E-state index is 0. The van der Waals surface area contributed by atoms with E-state index in [-0.39, 0.29) is 24.9 Å². The molecule has 4 nitrogen and oxygen atoms in total. The van der Waals surface area contributed by atoms with Crippen LogP contribution in [0.15, 0.2) is 18.2 Å². The number of hydrogen-bond donors (Lipinski definition) is 2. The first-order valence-electron chi connectivity index (χ1n) is 6.32. The summed E-state index contributed by atoms with van der Waals surface area (Å²) in [6.45, 7) is 6.81. The maximum atomic E-state index is 11.6. The van der Waals surface area contributed by atoms with Gasteiger partial charge in [-0.1, -0.05) is 12.1 Å². The number of benzene rings is 1. The van der Waals surface area contributed by atoms with Gasteiger partial charge in [0.05, 0.1) is 0 Å². The number of ether oxygens (including phenoxy) is 1. The summed E-state index contributed by atoms with van der Waals surface area (Å²) < 4.78 is 5.54. The quantitative estimate of drug-likeness (QED) is 0.860. The third kappa shape index (κ3) is 4.73. The Kier molecular flexibility index (Phi) is 6.12. The molecule has 0 aromatic heterocycles. The highest BCUT2D eigenvalue weighted by atomic mass is 35.5. The molecular weight excluding hydrogens is 264 g/mol. The van der Waals surface area contributed by atoms with E-state index in [0.717, 1.165) is 36.5 Å². The number of aryl methyl sites for hydroxylation is 2. The number of carbonyl (C=O) groups is 1. The molecule has 0 unspecified atom stereocenters. The number of rotatable bonds is 5. The predicted octanol–water partition coefficient (Wildman–Crippen LogP) is 1.44. The highest BCUT2D eigenvalue weighted by Crippen LogP contribution is 2.18. The number of amides is 1. The zero-order chi connectivity index (χ0) is 13.0. The fraction of sp³-hybridized carbons (Fsp3) is 0.500. The van der Waals surface area contributed by atoms with Crippen LogP contribution in [0, 0.1) is 19.8 Å². The van der Waals surface area contributed by atoms with Gasteiger partial charge in [-0.05, 0) is 31.0 Å². The number of halogens is 1. The number of hydrogen-bond acceptors (Lipinski definition) is 3. The van der Waals surface area contributed by atoms with E-state index >= 15 is 0 Å². The maximum absolute atomic E-state index is 11.6. The summed E-state index contributed by atoms with van der Waals surface area (Å²) >= 11 is 0. The lowest BCUT2D eigenvalue weighted by Crippen LogP contribution is -2.48. The molecule has 2 rings (SSSR count). The van der Waals surface area contributed by atoms with Gasteiger partial charge in [-0.2, -0.15) is 0 Å². The number of carbonyl (C=O) groups excluding carboxylic acids is 1. The van der Waals surface area contributed by atoms with Gasteiger partial charge >= 0.3 is 0 Å². The molecule has 1 fully saturated rings. The summed E-state index contributed by atoms with van der Waals surface area (Å²) in [5.74, 6) is 1.31. The molecule has 0 bridgehead atoms. The van der Waals surface area contributed by atoms with E-state index in [1.807, 2.05) is 32.0 Å². The molecule has 1 aliphatic heterocycles. The van der Waals surface area contributed by atoms with Crippen molar-refractivity contribution in [2.75, 3.05) is 26.2 Å². The molecule has 1 aromatic carbocycles. The van der Waals surface area contributed by atoms with Crippen molar-refractivity contribution >= 4 is 18.3 Å². The van der Waals surface area contributed by atoms with Crippen molar-refractivity contribution in [1.82, 2.24) is 10.6 Å². The fourth-order valence-electron chi connectivity index (χ4n) is 1.81. The van der Waals surface area contributed by atoms with Crippen LogP contribution in [0.4, 0.5) is 0 Å². The second-order valence-electron chi connectivity index (χ2n) is 4.89. The van der Waals surface area contributed by atoms with Crippen LogP contribution in [0.3, 0.4) is 0 Å². The highest BCUT2D eigenvalue weighted by molar-refractivity contribution is 5.85. The Morgan fingerprint density at radius 1 is 1.42 bits per heavy atom. The van der Waals surface area contributed by atoms with Gasteiger partial charge in [0.25, 0.3) is 5.91 Å². The van der Waals surface area contributed by atoms with Crippen LogP contribution >= 0.6 is 12.4 Å². The average Bonchev–Trinajstić information content (AvgIpc) is 2.28. The number of nitrogens with one attached hydrogen (secondary N) is 2. The summed E-state index contributed by atoms with van der Waals surface area (Å²) in [5.41, 5.74) is 2.19. The van der Waals surface area contributed by atoms with Crippen LogP contribution in [0.2, 0.25) is 0 Å². The Labute approximate surface area is 120 Å². The zero-order valence-corrected chi connectivity index (χ0v) is 12.2. The van der Waals surface area contributed by atoms with Crippen molar-refractivity contribution in [2.45, 2.75) is 13.8 Å². The van der Waals surface area contributed by atoms with Crippen molar-refractivity contribution in [2.24, 2.45) is 5.92 Å². The minimum atomic E-state index is -0.0530. The predicted molar refractivity (Wildman–Crippen MR) is 78.0 cm³/mol. The van der Waals surface area contributed by atoms with E-state index < -0.39 is 0 Å². The summed E-state index contributed by atoms with van der Waals surface area (Å²) in [6, 6.07) is 5.99. The monoisotopic (exact) mass is 284 g/mol. The van der Waals surface area contributed by atoms with Gasteiger partial charge in [-0.3, -0.25) is 4.79 Å². The van der Waals surface area contributed by atoms with Crippen LogP contribution in [0.1, 0.15) is 11.1 Å². The molecule has 0 spiro atoms. The van der Waals surface area contributed by atoms with Crippen molar-refractivity contribution in [3.8, 4) is 5.75 Å². The average molecular weight is 285 g/mol. The Balaban J connectivity index is 0.00000180. The Hall–Kier alpha value is -1.26. The molecule has 106 valence electrons. The molecule has 1 aromatic rings. The van der Waals surface area contributed by atoms with Crippen molar-refractivity contribution < 1.29 is 9.53 Å². The van der Waals surface area contributed by atoms with E-state index in [0.29, 0.717) is 5.92 Å². The van der Waals surface area contributed by atoms with E-state index in [4.69, 9.17) is 4.74 Å². The third-order valence-electron chi connectivity index (χ3n) is 3.16. The molecule has 2 N–H and O–H groups in total. The summed E-state index contributed by atoms with van der Waals surface area (Å²) in [6.07, 6.45) is 0. The largest absolute Gasteiger partial charge is 0.483 e.